The quantitative estimate of drug-likeness (QED) is 0.189. The van der Waals surface area contributed by atoms with E-state index in [1.807, 2.05) is 39.0 Å². The number of pyridine rings is 2. The number of ketones is 1. The number of hydrogen-bond acceptors (Lipinski definition) is 6. The Balaban J connectivity index is 1.29. The highest BCUT2D eigenvalue weighted by Gasteiger charge is 2.24. The Hall–Kier alpha value is -3.85. The lowest BCUT2D eigenvalue weighted by atomic mass is 10.0. The lowest BCUT2D eigenvalue weighted by Crippen LogP contribution is -2.42. The minimum absolute atomic E-state index is 0.0703. The summed E-state index contributed by atoms with van der Waals surface area (Å²) in [6.45, 7) is 7.08. The molecule has 0 atom stereocenters. The van der Waals surface area contributed by atoms with E-state index in [1.165, 1.54) is 17.4 Å². The van der Waals surface area contributed by atoms with Crippen molar-refractivity contribution in [3.05, 3.63) is 71.8 Å². The number of nitrogens with zero attached hydrogens (tertiary/aromatic N) is 3. The molecule has 1 aromatic carbocycles. The van der Waals surface area contributed by atoms with Crippen LogP contribution in [0.25, 0.3) is 20.8 Å². The van der Waals surface area contributed by atoms with Gasteiger partial charge in [-0.1, -0.05) is 19.1 Å². The van der Waals surface area contributed by atoms with Crippen LogP contribution < -0.4 is 10.1 Å². The van der Waals surface area contributed by atoms with Crippen molar-refractivity contribution in [2.24, 2.45) is 5.92 Å². The number of rotatable bonds is 12. The summed E-state index contributed by atoms with van der Waals surface area (Å²) < 4.78 is 21.7. The molecule has 2 amide bonds. The SMILES string of the molecule is CCCN(Cc1ccc(-c2cc3nccc(Oc4ccc(CC(=O)CC5CC5)cc4F)c3s2)nc1)C(=O)NC(C)C. The van der Waals surface area contributed by atoms with Gasteiger partial charge in [0.05, 0.1) is 20.8 Å². The number of halogens is 1. The molecule has 1 aliphatic rings. The molecule has 214 valence electrons. The summed E-state index contributed by atoms with van der Waals surface area (Å²) in [4.78, 5) is 36.6. The predicted octanol–water partition coefficient (Wildman–Crippen LogP) is 7.53. The molecule has 0 bridgehead atoms. The Morgan fingerprint density at radius 3 is 2.59 bits per heavy atom. The van der Waals surface area contributed by atoms with Gasteiger partial charge in [0, 0.05) is 50.4 Å². The van der Waals surface area contributed by atoms with Crippen LogP contribution in [0.3, 0.4) is 0 Å². The highest BCUT2D eigenvalue weighted by molar-refractivity contribution is 7.22. The van der Waals surface area contributed by atoms with Gasteiger partial charge in [-0.05, 0) is 74.4 Å². The molecule has 7 nitrogen and oxygen atoms in total. The number of carbonyl (C=O) groups excluding carboxylic acids is 2. The minimum Gasteiger partial charge on any atom is -0.453 e. The second kappa shape index (κ2) is 12.8. The number of aromatic nitrogens is 2. The van der Waals surface area contributed by atoms with E-state index >= 15 is 0 Å². The highest BCUT2D eigenvalue weighted by Crippen LogP contribution is 2.39. The Kier molecular flexibility index (Phi) is 8.93. The van der Waals surface area contributed by atoms with Gasteiger partial charge in [0.2, 0.25) is 0 Å². The lowest BCUT2D eigenvalue weighted by molar-refractivity contribution is -0.118. The van der Waals surface area contributed by atoms with Crippen molar-refractivity contribution < 1.29 is 18.7 Å². The van der Waals surface area contributed by atoms with Crippen molar-refractivity contribution in [2.45, 2.75) is 65.5 Å². The molecule has 3 aromatic heterocycles. The largest absolute Gasteiger partial charge is 0.453 e. The Bertz CT molecular complexity index is 1530. The fourth-order valence-electron chi connectivity index (χ4n) is 4.67. The van der Waals surface area contributed by atoms with Crippen LogP contribution in [0.4, 0.5) is 9.18 Å². The number of Topliss-reactive ketones (excluding diaryl/α,β-unsaturated/α-hetero) is 1. The van der Waals surface area contributed by atoms with Gasteiger partial charge >= 0.3 is 6.03 Å². The zero-order valence-corrected chi connectivity index (χ0v) is 24.5. The molecule has 4 aromatic rings. The van der Waals surface area contributed by atoms with Gasteiger partial charge in [0.25, 0.3) is 0 Å². The zero-order valence-electron chi connectivity index (χ0n) is 23.7. The number of benzene rings is 1. The van der Waals surface area contributed by atoms with E-state index in [-0.39, 0.29) is 30.0 Å². The third-order valence-corrected chi connectivity index (χ3v) is 8.01. The monoisotopic (exact) mass is 574 g/mol. The van der Waals surface area contributed by atoms with Gasteiger partial charge in [0.15, 0.2) is 11.6 Å². The molecule has 1 N–H and O–H groups in total. The molecule has 9 heteroatoms. The second-order valence-corrected chi connectivity index (χ2v) is 12.0. The van der Waals surface area contributed by atoms with Crippen molar-refractivity contribution in [3.63, 3.8) is 0 Å². The first kappa shape index (κ1) is 28.7. The summed E-state index contributed by atoms with van der Waals surface area (Å²) in [7, 11) is 0. The standard InChI is InChI=1S/C32H35FN4O3S/c1-4-13-37(32(39)36-20(2)3)19-23-7-9-26(35-18-23)30-17-27-31(41-30)29(11-12-34-27)40-28-10-8-22(16-25(28)33)15-24(38)14-21-5-6-21/h7-12,16-18,20-21H,4-6,13-15,19H2,1-3H3,(H,36,39). The Morgan fingerprint density at radius 1 is 1.10 bits per heavy atom. The first-order valence-electron chi connectivity index (χ1n) is 14.2. The number of ether oxygens (including phenoxy) is 1. The van der Waals surface area contributed by atoms with E-state index in [9.17, 15) is 14.0 Å². The second-order valence-electron chi connectivity index (χ2n) is 10.9. The number of fused-ring (bicyclic) bond motifs is 1. The summed E-state index contributed by atoms with van der Waals surface area (Å²) in [6, 6.07) is 12.3. The third kappa shape index (κ3) is 7.47. The van der Waals surface area contributed by atoms with Gasteiger partial charge < -0.3 is 15.0 Å². The van der Waals surface area contributed by atoms with Crippen molar-refractivity contribution in [2.75, 3.05) is 6.54 Å². The molecule has 1 fully saturated rings. The summed E-state index contributed by atoms with van der Waals surface area (Å²) in [6.07, 6.45) is 7.37. The van der Waals surface area contributed by atoms with E-state index < -0.39 is 5.82 Å². The summed E-state index contributed by atoms with van der Waals surface area (Å²) in [5.74, 6) is 0.781. The van der Waals surface area contributed by atoms with E-state index in [0.717, 1.165) is 45.6 Å². The van der Waals surface area contributed by atoms with Gasteiger partial charge in [-0.3, -0.25) is 14.8 Å². The minimum atomic E-state index is -0.500. The molecule has 1 saturated carbocycles. The molecular weight excluding hydrogens is 539 g/mol. The van der Waals surface area contributed by atoms with Gasteiger partial charge in [-0.25, -0.2) is 9.18 Å². The average Bonchev–Trinajstić information content (AvgIpc) is 3.63. The molecule has 0 radical (unpaired) electrons. The van der Waals surface area contributed by atoms with E-state index in [4.69, 9.17) is 4.74 Å². The van der Waals surface area contributed by atoms with Crippen LogP contribution in [0, 0.1) is 11.7 Å². The highest BCUT2D eigenvalue weighted by atomic mass is 32.1. The Morgan fingerprint density at radius 2 is 1.90 bits per heavy atom. The fraction of sp³-hybridized carbons (Fsp3) is 0.375. The van der Waals surface area contributed by atoms with Crippen LogP contribution in [-0.2, 0) is 17.8 Å². The number of urea groups is 1. The first-order valence-corrected chi connectivity index (χ1v) is 15.0. The maximum Gasteiger partial charge on any atom is 0.317 e. The third-order valence-electron chi connectivity index (χ3n) is 6.85. The first-order chi connectivity index (χ1) is 19.8. The van der Waals surface area contributed by atoms with Crippen LogP contribution in [0.1, 0.15) is 57.6 Å². The number of hydrogen-bond donors (Lipinski definition) is 1. The fourth-order valence-corrected chi connectivity index (χ4v) is 5.71. The van der Waals surface area contributed by atoms with Crippen molar-refractivity contribution in [3.8, 4) is 22.1 Å². The summed E-state index contributed by atoms with van der Waals surface area (Å²) in [5, 5.41) is 2.96. The molecule has 3 heterocycles. The van der Waals surface area contributed by atoms with Crippen LogP contribution in [0.2, 0.25) is 0 Å². The van der Waals surface area contributed by atoms with Gasteiger partial charge in [-0.2, -0.15) is 0 Å². The van der Waals surface area contributed by atoms with E-state index in [0.29, 0.717) is 36.7 Å². The average molecular weight is 575 g/mol. The smallest absolute Gasteiger partial charge is 0.317 e. The normalized spacial score (nSPS) is 13.0. The molecule has 0 saturated heterocycles. The van der Waals surface area contributed by atoms with Crippen molar-refractivity contribution in [1.82, 2.24) is 20.2 Å². The van der Waals surface area contributed by atoms with Crippen LogP contribution in [-0.4, -0.2) is 39.3 Å². The molecule has 0 spiro atoms. The van der Waals surface area contributed by atoms with Gasteiger partial charge in [-0.15, -0.1) is 11.3 Å². The van der Waals surface area contributed by atoms with Crippen LogP contribution in [0.15, 0.2) is 54.9 Å². The van der Waals surface area contributed by atoms with E-state index in [1.54, 1.807) is 35.5 Å². The lowest BCUT2D eigenvalue weighted by Gasteiger charge is -2.24. The number of carbonyl (C=O) groups is 2. The van der Waals surface area contributed by atoms with E-state index in [2.05, 4.69) is 15.3 Å². The number of thiophene rings is 1. The van der Waals surface area contributed by atoms with Crippen molar-refractivity contribution in [1.29, 1.82) is 0 Å². The zero-order chi connectivity index (χ0) is 28.9. The molecule has 5 rings (SSSR count). The van der Waals surface area contributed by atoms with Crippen molar-refractivity contribution >= 4 is 33.4 Å². The van der Waals surface area contributed by atoms with Crippen LogP contribution >= 0.6 is 11.3 Å². The number of amides is 2. The van der Waals surface area contributed by atoms with Gasteiger partial charge in [0.1, 0.15) is 11.5 Å². The molecule has 0 aliphatic heterocycles. The predicted molar refractivity (Wildman–Crippen MR) is 160 cm³/mol. The maximum absolute atomic E-state index is 14.9. The number of nitrogens with one attached hydrogen (secondary N) is 1. The topological polar surface area (TPSA) is 84.4 Å². The summed E-state index contributed by atoms with van der Waals surface area (Å²) in [5.41, 5.74) is 3.11. The maximum atomic E-state index is 14.9. The molecular formula is C32H35FN4O3S. The summed E-state index contributed by atoms with van der Waals surface area (Å²) >= 11 is 1.47. The van der Waals surface area contributed by atoms with Crippen LogP contribution in [0.5, 0.6) is 11.5 Å². The molecule has 1 aliphatic carbocycles. The Labute approximate surface area is 243 Å². The molecule has 41 heavy (non-hydrogen) atoms. The molecule has 0 unspecified atom stereocenters.